The highest BCUT2D eigenvalue weighted by molar-refractivity contribution is 5.21. The average Bonchev–Trinajstić information content (AvgIpc) is 2.55. The van der Waals surface area contributed by atoms with Crippen molar-refractivity contribution in [1.29, 1.82) is 0 Å². The zero-order valence-electron chi connectivity index (χ0n) is 13.9. The second-order valence-electron chi connectivity index (χ2n) is 6.30. The minimum Gasteiger partial charge on any atom is -0.393 e. The van der Waals surface area contributed by atoms with E-state index in [0.717, 1.165) is 25.1 Å². The monoisotopic (exact) mass is 315 g/mol. The second-order valence-corrected chi connectivity index (χ2v) is 6.30. The van der Waals surface area contributed by atoms with Gasteiger partial charge in [0.25, 0.3) is 0 Å². The molecule has 0 amide bonds. The quantitative estimate of drug-likeness (QED) is 0.769. The van der Waals surface area contributed by atoms with E-state index in [9.17, 15) is 9.50 Å². The zero-order valence-corrected chi connectivity index (χ0v) is 13.9. The predicted octanol–water partition coefficient (Wildman–Crippen LogP) is 4.07. The van der Waals surface area contributed by atoms with Crippen LogP contribution in [0.4, 0.5) is 4.39 Å². The third kappa shape index (κ3) is 5.77. The molecule has 124 valence electrons. The Balaban J connectivity index is 1.89. The van der Waals surface area contributed by atoms with Gasteiger partial charge in [-0.05, 0) is 48.4 Å². The van der Waals surface area contributed by atoms with E-state index < -0.39 is 0 Å². The molecule has 2 rings (SSSR count). The molecule has 0 aliphatic rings. The molecule has 0 bridgehead atoms. The molecule has 3 atom stereocenters. The van der Waals surface area contributed by atoms with Crippen LogP contribution in [0.15, 0.2) is 54.6 Å². The molecule has 0 aliphatic carbocycles. The van der Waals surface area contributed by atoms with Crippen LogP contribution in [0.5, 0.6) is 0 Å². The van der Waals surface area contributed by atoms with Crippen molar-refractivity contribution in [3.8, 4) is 0 Å². The minimum absolute atomic E-state index is 0.199. The van der Waals surface area contributed by atoms with Crippen LogP contribution in [-0.4, -0.2) is 24.3 Å². The van der Waals surface area contributed by atoms with E-state index in [1.165, 1.54) is 17.7 Å². The summed E-state index contributed by atoms with van der Waals surface area (Å²) < 4.78 is 13.0. The lowest BCUT2D eigenvalue weighted by Crippen LogP contribution is -2.27. The van der Waals surface area contributed by atoms with Crippen molar-refractivity contribution in [1.82, 2.24) is 5.32 Å². The molecule has 3 unspecified atom stereocenters. The molecule has 0 heterocycles. The number of hydrogen-bond acceptors (Lipinski definition) is 2. The molecular formula is C20H26FNO. The molecule has 2 nitrogen and oxygen atoms in total. The highest BCUT2D eigenvalue weighted by Gasteiger charge is 2.14. The van der Waals surface area contributed by atoms with Crippen molar-refractivity contribution in [2.75, 3.05) is 13.1 Å². The highest BCUT2D eigenvalue weighted by Crippen LogP contribution is 2.21. The summed E-state index contributed by atoms with van der Waals surface area (Å²) in [7, 11) is 0. The first-order valence-electron chi connectivity index (χ1n) is 8.25. The molecule has 0 saturated heterocycles. The first-order chi connectivity index (χ1) is 11.1. The number of rotatable bonds is 8. The molecule has 0 saturated carbocycles. The second kappa shape index (κ2) is 8.80. The first kappa shape index (κ1) is 17.6. The van der Waals surface area contributed by atoms with Gasteiger partial charge in [-0.3, -0.25) is 0 Å². The lowest BCUT2D eigenvalue weighted by Gasteiger charge is -2.21. The van der Waals surface area contributed by atoms with Gasteiger partial charge in [0.2, 0.25) is 0 Å². The summed E-state index contributed by atoms with van der Waals surface area (Å²) in [4.78, 5) is 0. The minimum atomic E-state index is -0.323. The summed E-state index contributed by atoms with van der Waals surface area (Å²) in [6, 6.07) is 17.0. The van der Waals surface area contributed by atoms with Crippen molar-refractivity contribution >= 4 is 0 Å². The van der Waals surface area contributed by atoms with E-state index >= 15 is 0 Å². The van der Waals surface area contributed by atoms with Gasteiger partial charge in [0.05, 0.1) is 6.10 Å². The zero-order chi connectivity index (χ0) is 16.7. The lowest BCUT2D eigenvalue weighted by molar-refractivity contribution is 0.173. The van der Waals surface area contributed by atoms with E-state index in [1.807, 2.05) is 37.3 Å². The van der Waals surface area contributed by atoms with E-state index in [4.69, 9.17) is 0 Å². The number of aliphatic hydroxyl groups is 1. The molecule has 2 N–H and O–H groups in total. The Morgan fingerprint density at radius 3 is 2.17 bits per heavy atom. The van der Waals surface area contributed by atoms with Gasteiger partial charge in [-0.2, -0.15) is 0 Å². The van der Waals surface area contributed by atoms with Crippen molar-refractivity contribution in [3.05, 3.63) is 71.5 Å². The van der Waals surface area contributed by atoms with Crippen molar-refractivity contribution in [2.45, 2.75) is 38.2 Å². The molecule has 23 heavy (non-hydrogen) atoms. The smallest absolute Gasteiger partial charge is 0.123 e. The van der Waals surface area contributed by atoms with E-state index in [0.29, 0.717) is 5.92 Å². The number of hydrogen-bond donors (Lipinski definition) is 2. The lowest BCUT2D eigenvalue weighted by atomic mass is 9.93. The van der Waals surface area contributed by atoms with Gasteiger partial charge in [0, 0.05) is 13.1 Å². The third-order valence-electron chi connectivity index (χ3n) is 4.18. The summed E-state index contributed by atoms with van der Waals surface area (Å²) in [6.07, 6.45) is 0.415. The largest absolute Gasteiger partial charge is 0.393 e. The maximum atomic E-state index is 13.0. The van der Waals surface area contributed by atoms with Gasteiger partial charge >= 0.3 is 0 Å². The van der Waals surface area contributed by atoms with Crippen LogP contribution in [-0.2, 0) is 0 Å². The van der Waals surface area contributed by atoms with Crippen LogP contribution in [0.25, 0.3) is 0 Å². The average molecular weight is 315 g/mol. The number of halogens is 1. The summed E-state index contributed by atoms with van der Waals surface area (Å²) in [5.74, 6) is 0.408. The molecular weight excluding hydrogens is 289 g/mol. The van der Waals surface area contributed by atoms with E-state index in [-0.39, 0.29) is 17.8 Å². The maximum Gasteiger partial charge on any atom is 0.123 e. The van der Waals surface area contributed by atoms with Gasteiger partial charge in [0.15, 0.2) is 0 Å². The number of nitrogens with one attached hydrogen (secondary N) is 1. The fraction of sp³-hybridized carbons (Fsp3) is 0.400. The third-order valence-corrected chi connectivity index (χ3v) is 4.18. The molecule has 0 aliphatic heterocycles. The standard InChI is InChI=1S/C20H26FNO/c1-15(17-8-10-20(21)11-9-17)13-22-14-19(12-16(2)23)18-6-4-3-5-7-18/h3-11,15-16,19,22-23H,12-14H2,1-2H3. The molecule has 3 heteroatoms. The normalized spacial score (nSPS) is 15.1. The van der Waals surface area contributed by atoms with Gasteiger partial charge in [-0.15, -0.1) is 0 Å². The van der Waals surface area contributed by atoms with Crippen molar-refractivity contribution in [3.63, 3.8) is 0 Å². The Bertz CT molecular complexity index is 568. The van der Waals surface area contributed by atoms with Crippen molar-refractivity contribution in [2.24, 2.45) is 0 Å². The van der Waals surface area contributed by atoms with Crippen LogP contribution >= 0.6 is 0 Å². The summed E-state index contributed by atoms with van der Waals surface area (Å²) in [5.41, 5.74) is 2.38. The Hall–Kier alpha value is -1.71. The van der Waals surface area contributed by atoms with Gasteiger partial charge < -0.3 is 10.4 Å². The number of aliphatic hydroxyl groups excluding tert-OH is 1. The van der Waals surface area contributed by atoms with Gasteiger partial charge in [-0.1, -0.05) is 49.4 Å². The van der Waals surface area contributed by atoms with E-state index in [1.54, 1.807) is 0 Å². The van der Waals surface area contributed by atoms with Crippen LogP contribution in [0, 0.1) is 5.82 Å². The molecule has 0 fully saturated rings. The summed E-state index contributed by atoms with van der Waals surface area (Å²) in [6.45, 7) is 5.61. The molecule has 2 aromatic carbocycles. The Morgan fingerprint density at radius 2 is 1.57 bits per heavy atom. The van der Waals surface area contributed by atoms with Crippen LogP contribution in [0.3, 0.4) is 0 Å². The fourth-order valence-electron chi connectivity index (χ4n) is 2.86. The summed E-state index contributed by atoms with van der Waals surface area (Å²) in [5, 5.41) is 13.2. The molecule has 2 aromatic rings. The van der Waals surface area contributed by atoms with Crippen LogP contribution in [0.2, 0.25) is 0 Å². The van der Waals surface area contributed by atoms with Crippen LogP contribution < -0.4 is 5.32 Å². The van der Waals surface area contributed by atoms with Gasteiger partial charge in [0.1, 0.15) is 5.82 Å². The number of benzene rings is 2. The Kier molecular flexibility index (Phi) is 6.75. The molecule has 0 spiro atoms. The SMILES string of the molecule is CC(O)CC(CNCC(C)c1ccc(F)cc1)c1ccccc1. The maximum absolute atomic E-state index is 13.0. The van der Waals surface area contributed by atoms with Crippen molar-refractivity contribution < 1.29 is 9.50 Å². The first-order valence-corrected chi connectivity index (χ1v) is 8.25. The molecule has 0 radical (unpaired) electrons. The Labute approximate surface area is 138 Å². The van der Waals surface area contributed by atoms with E-state index in [2.05, 4.69) is 24.4 Å². The predicted molar refractivity (Wildman–Crippen MR) is 93.2 cm³/mol. The summed E-state index contributed by atoms with van der Waals surface area (Å²) >= 11 is 0. The molecule has 0 aromatic heterocycles. The topological polar surface area (TPSA) is 32.3 Å². The fourth-order valence-corrected chi connectivity index (χ4v) is 2.86. The van der Waals surface area contributed by atoms with Gasteiger partial charge in [-0.25, -0.2) is 4.39 Å². The Morgan fingerprint density at radius 1 is 0.913 bits per heavy atom. The van der Waals surface area contributed by atoms with Crippen LogP contribution in [0.1, 0.15) is 43.2 Å². The highest BCUT2D eigenvalue weighted by atomic mass is 19.1.